The van der Waals surface area contributed by atoms with Gasteiger partial charge in [-0.15, -0.1) is 0 Å². The number of aryl methyl sites for hydroxylation is 1. The monoisotopic (exact) mass is 269 g/mol. The number of nitrogens with zero attached hydrogens (tertiary/aromatic N) is 1. The summed E-state index contributed by atoms with van der Waals surface area (Å²) in [5.74, 6) is 0.811. The predicted octanol–water partition coefficient (Wildman–Crippen LogP) is 4.36. The molecule has 0 N–H and O–H groups in total. The van der Waals surface area contributed by atoms with Gasteiger partial charge in [0.25, 0.3) is 0 Å². The highest BCUT2D eigenvalue weighted by Gasteiger charge is 2.05. The quantitative estimate of drug-likeness (QED) is 0.594. The van der Waals surface area contributed by atoms with Crippen molar-refractivity contribution in [3.63, 3.8) is 0 Å². The molecule has 0 heterocycles. The van der Waals surface area contributed by atoms with Gasteiger partial charge in [0.2, 0.25) is 0 Å². The molecule has 0 aliphatic heterocycles. The van der Waals surface area contributed by atoms with Crippen LogP contribution in [-0.2, 0) is 6.42 Å². The fraction of sp³-hybridized carbons (Fsp3) is 0.188. The summed E-state index contributed by atoms with van der Waals surface area (Å²) < 4.78 is 5.48. The van der Waals surface area contributed by atoms with Crippen LogP contribution in [0.5, 0.6) is 5.75 Å². The lowest BCUT2D eigenvalue weighted by Gasteiger charge is -2.10. The summed E-state index contributed by atoms with van der Waals surface area (Å²) in [6, 6.07) is 16.5. The van der Waals surface area contributed by atoms with Crippen molar-refractivity contribution in [2.24, 2.45) is 4.99 Å². The largest absolute Gasteiger partial charge is 0.471 e. The molecular formula is C16H15NOS. The number of ether oxygens (including phenoxy) is 1. The van der Waals surface area contributed by atoms with Crippen molar-refractivity contribution in [3.05, 3.63) is 54.1 Å². The fourth-order valence-electron chi connectivity index (χ4n) is 1.98. The molecule has 0 amide bonds. The van der Waals surface area contributed by atoms with E-state index >= 15 is 0 Å². The van der Waals surface area contributed by atoms with Crippen LogP contribution in [0.2, 0.25) is 0 Å². The number of rotatable bonds is 5. The fourth-order valence-corrected chi connectivity index (χ4v) is 2.04. The van der Waals surface area contributed by atoms with E-state index in [2.05, 4.69) is 53.6 Å². The van der Waals surface area contributed by atoms with Gasteiger partial charge in [0.1, 0.15) is 5.75 Å². The van der Waals surface area contributed by atoms with Crippen LogP contribution >= 0.6 is 12.2 Å². The average molecular weight is 269 g/mol. The Morgan fingerprint density at radius 1 is 1.16 bits per heavy atom. The molecule has 2 nitrogen and oxygen atoms in total. The first-order valence-electron chi connectivity index (χ1n) is 6.20. The normalized spacial score (nSPS) is 9.74. The molecule has 0 bridgehead atoms. The molecule has 0 spiro atoms. The highest BCUT2D eigenvalue weighted by Crippen LogP contribution is 2.27. The molecule has 0 aromatic heterocycles. The van der Waals surface area contributed by atoms with E-state index in [1.54, 1.807) is 0 Å². The van der Waals surface area contributed by atoms with Gasteiger partial charge in [-0.25, -0.2) is 0 Å². The molecule has 2 aromatic rings. The molecular weight excluding hydrogens is 254 g/mol. The van der Waals surface area contributed by atoms with Gasteiger partial charge < -0.3 is 4.74 Å². The van der Waals surface area contributed by atoms with E-state index in [0.717, 1.165) is 12.2 Å². The Balaban J connectivity index is 2.29. The third-order valence-electron chi connectivity index (χ3n) is 2.90. The summed E-state index contributed by atoms with van der Waals surface area (Å²) >= 11 is 4.50. The number of thiocarbonyl (C=S) groups is 1. The molecule has 0 aliphatic carbocycles. The molecule has 0 saturated heterocycles. The molecule has 0 saturated carbocycles. The third kappa shape index (κ3) is 3.50. The Hall–Kier alpha value is -1.96. The minimum atomic E-state index is 0.220. The lowest BCUT2D eigenvalue weighted by Crippen LogP contribution is -1.95. The first kappa shape index (κ1) is 13.5. The van der Waals surface area contributed by atoms with Gasteiger partial charge in [0.15, 0.2) is 6.73 Å². The second-order valence-electron chi connectivity index (χ2n) is 4.06. The van der Waals surface area contributed by atoms with Gasteiger partial charge in [0.05, 0.1) is 5.16 Å². The number of aliphatic imine (C=N–C) groups is 1. The summed E-state index contributed by atoms with van der Waals surface area (Å²) in [4.78, 5) is 3.75. The van der Waals surface area contributed by atoms with Gasteiger partial charge in [-0.2, -0.15) is 4.99 Å². The predicted molar refractivity (Wildman–Crippen MR) is 81.8 cm³/mol. The molecule has 0 fully saturated rings. The van der Waals surface area contributed by atoms with Crippen LogP contribution < -0.4 is 4.74 Å². The van der Waals surface area contributed by atoms with Crippen molar-refractivity contribution in [2.45, 2.75) is 13.3 Å². The van der Waals surface area contributed by atoms with Gasteiger partial charge in [-0.3, -0.25) is 0 Å². The van der Waals surface area contributed by atoms with Crippen LogP contribution in [0.25, 0.3) is 11.1 Å². The zero-order valence-electron chi connectivity index (χ0n) is 10.8. The lowest BCUT2D eigenvalue weighted by molar-refractivity contribution is 0.332. The Kier molecular flexibility index (Phi) is 4.85. The second kappa shape index (κ2) is 6.83. The number of isothiocyanates is 1. The van der Waals surface area contributed by atoms with Crippen molar-refractivity contribution < 1.29 is 4.74 Å². The number of benzene rings is 2. The summed E-state index contributed by atoms with van der Waals surface area (Å²) in [5, 5.41) is 2.29. The molecule has 2 rings (SSSR count). The van der Waals surface area contributed by atoms with Crippen LogP contribution in [0.1, 0.15) is 12.5 Å². The van der Waals surface area contributed by atoms with E-state index in [1.807, 2.05) is 24.3 Å². The van der Waals surface area contributed by atoms with E-state index in [-0.39, 0.29) is 6.73 Å². The second-order valence-corrected chi connectivity index (χ2v) is 4.24. The molecule has 0 atom stereocenters. The van der Waals surface area contributed by atoms with Crippen molar-refractivity contribution in [2.75, 3.05) is 6.73 Å². The zero-order valence-corrected chi connectivity index (χ0v) is 11.6. The number of hydrogen-bond donors (Lipinski definition) is 0. The maximum Gasteiger partial charge on any atom is 0.188 e. The first-order chi connectivity index (χ1) is 9.35. The Morgan fingerprint density at radius 3 is 2.63 bits per heavy atom. The molecule has 19 heavy (non-hydrogen) atoms. The maximum absolute atomic E-state index is 5.48. The van der Waals surface area contributed by atoms with Crippen LogP contribution in [0.4, 0.5) is 0 Å². The van der Waals surface area contributed by atoms with Gasteiger partial charge in [0, 0.05) is 0 Å². The van der Waals surface area contributed by atoms with E-state index in [9.17, 15) is 0 Å². The average Bonchev–Trinajstić information content (AvgIpc) is 2.48. The van der Waals surface area contributed by atoms with Crippen molar-refractivity contribution in [1.82, 2.24) is 0 Å². The van der Waals surface area contributed by atoms with Crippen LogP contribution in [-0.4, -0.2) is 11.9 Å². The van der Waals surface area contributed by atoms with Gasteiger partial charge in [-0.1, -0.05) is 43.3 Å². The molecule has 0 unspecified atom stereocenters. The zero-order chi connectivity index (χ0) is 13.5. The first-order valence-corrected chi connectivity index (χ1v) is 6.60. The topological polar surface area (TPSA) is 21.6 Å². The summed E-state index contributed by atoms with van der Waals surface area (Å²) in [7, 11) is 0. The van der Waals surface area contributed by atoms with Crippen LogP contribution in [0.3, 0.4) is 0 Å². The van der Waals surface area contributed by atoms with E-state index in [0.29, 0.717) is 0 Å². The van der Waals surface area contributed by atoms with Gasteiger partial charge >= 0.3 is 0 Å². The molecule has 0 aliphatic rings. The standard InChI is InChI=1S/C16H15NOS/c1-2-13-10-15(18-11-17-12-19)8-9-16(13)14-6-4-3-5-7-14/h3-10H,2,11H2,1H3. The minimum absolute atomic E-state index is 0.220. The van der Waals surface area contributed by atoms with Gasteiger partial charge in [-0.05, 0) is 47.5 Å². The summed E-state index contributed by atoms with van der Waals surface area (Å²) in [6.45, 7) is 2.36. The smallest absolute Gasteiger partial charge is 0.188 e. The van der Waals surface area contributed by atoms with E-state index in [1.165, 1.54) is 16.7 Å². The van der Waals surface area contributed by atoms with Crippen LogP contribution in [0.15, 0.2) is 53.5 Å². The highest BCUT2D eigenvalue weighted by atomic mass is 32.1. The lowest BCUT2D eigenvalue weighted by atomic mass is 9.98. The van der Waals surface area contributed by atoms with Crippen molar-refractivity contribution in [1.29, 1.82) is 0 Å². The Bertz CT molecular complexity index is 589. The number of hydrogen-bond acceptors (Lipinski definition) is 3. The maximum atomic E-state index is 5.48. The molecule has 3 heteroatoms. The Labute approximate surface area is 118 Å². The minimum Gasteiger partial charge on any atom is -0.471 e. The molecule has 0 radical (unpaired) electrons. The SMILES string of the molecule is CCc1cc(OCN=C=S)ccc1-c1ccccc1. The van der Waals surface area contributed by atoms with Crippen molar-refractivity contribution >= 4 is 17.4 Å². The third-order valence-corrected chi connectivity index (χ3v) is 3.03. The summed E-state index contributed by atoms with van der Waals surface area (Å²) in [5.41, 5.74) is 3.73. The van der Waals surface area contributed by atoms with Crippen LogP contribution in [0, 0.1) is 0 Å². The van der Waals surface area contributed by atoms with E-state index in [4.69, 9.17) is 4.74 Å². The Morgan fingerprint density at radius 2 is 1.95 bits per heavy atom. The molecule has 96 valence electrons. The van der Waals surface area contributed by atoms with E-state index < -0.39 is 0 Å². The summed E-state index contributed by atoms with van der Waals surface area (Å²) in [6.07, 6.45) is 0.956. The van der Waals surface area contributed by atoms with Crippen molar-refractivity contribution in [3.8, 4) is 16.9 Å². The highest BCUT2D eigenvalue weighted by molar-refractivity contribution is 7.78. The molecule has 2 aromatic carbocycles.